The minimum absolute atomic E-state index is 0.0218. The van der Waals surface area contributed by atoms with Crippen molar-refractivity contribution >= 4 is 40.7 Å². The van der Waals surface area contributed by atoms with Gasteiger partial charge in [0.25, 0.3) is 11.7 Å². The smallest absolute Gasteiger partial charge is 0.295 e. The Balaban J connectivity index is 1.85. The lowest BCUT2D eigenvalue weighted by Crippen LogP contribution is -2.29. The number of nitrogens with zero attached hydrogens (tertiary/aromatic N) is 2. The van der Waals surface area contributed by atoms with Crippen LogP contribution in [0.3, 0.4) is 0 Å². The first-order valence-corrected chi connectivity index (χ1v) is 9.90. The minimum atomic E-state index is -0.766. The minimum Gasteiger partial charge on any atom is -0.507 e. The van der Waals surface area contributed by atoms with E-state index in [0.717, 1.165) is 5.56 Å². The van der Waals surface area contributed by atoms with E-state index in [-0.39, 0.29) is 17.9 Å². The van der Waals surface area contributed by atoms with Gasteiger partial charge in [0, 0.05) is 34.5 Å². The summed E-state index contributed by atoms with van der Waals surface area (Å²) in [6, 6.07) is 16.1. The van der Waals surface area contributed by atoms with Crippen LogP contribution in [0, 0.1) is 0 Å². The molecule has 2 heterocycles. The van der Waals surface area contributed by atoms with E-state index >= 15 is 0 Å². The van der Waals surface area contributed by atoms with Crippen molar-refractivity contribution < 1.29 is 14.7 Å². The maximum absolute atomic E-state index is 13.0. The molecule has 150 valence electrons. The van der Waals surface area contributed by atoms with Crippen LogP contribution in [0.2, 0.25) is 10.0 Å². The van der Waals surface area contributed by atoms with E-state index in [1.807, 2.05) is 6.07 Å². The first-order valence-electron chi connectivity index (χ1n) is 9.14. The quantitative estimate of drug-likeness (QED) is 0.353. The van der Waals surface area contributed by atoms with Crippen LogP contribution in [0.1, 0.15) is 22.7 Å². The number of aliphatic hydroxyl groups excluding tert-OH is 1. The summed E-state index contributed by atoms with van der Waals surface area (Å²) < 4.78 is 0. The number of carbonyl (C=O) groups is 2. The molecule has 0 spiro atoms. The molecule has 1 saturated heterocycles. The average Bonchev–Trinajstić information content (AvgIpc) is 3.00. The summed E-state index contributed by atoms with van der Waals surface area (Å²) in [6.07, 6.45) is 3.27. The van der Waals surface area contributed by atoms with Gasteiger partial charge in [-0.1, -0.05) is 41.4 Å². The van der Waals surface area contributed by atoms with E-state index in [2.05, 4.69) is 4.98 Å². The molecule has 3 aromatic rings. The van der Waals surface area contributed by atoms with E-state index in [1.54, 1.807) is 67.0 Å². The topological polar surface area (TPSA) is 70.5 Å². The molecule has 4 rings (SSSR count). The average molecular weight is 439 g/mol. The lowest BCUT2D eigenvalue weighted by molar-refractivity contribution is -0.140. The van der Waals surface area contributed by atoms with Crippen LogP contribution in [0.25, 0.3) is 5.76 Å². The van der Waals surface area contributed by atoms with Gasteiger partial charge in [-0.05, 0) is 53.6 Å². The first-order chi connectivity index (χ1) is 14.5. The lowest BCUT2D eigenvalue weighted by atomic mass is 9.95. The molecule has 1 aliphatic heterocycles. The van der Waals surface area contributed by atoms with Gasteiger partial charge in [-0.25, -0.2) is 0 Å². The Labute approximate surface area is 183 Å². The van der Waals surface area contributed by atoms with Gasteiger partial charge in [0.1, 0.15) is 5.76 Å². The van der Waals surface area contributed by atoms with Gasteiger partial charge in [0.15, 0.2) is 0 Å². The van der Waals surface area contributed by atoms with E-state index in [4.69, 9.17) is 23.2 Å². The summed E-state index contributed by atoms with van der Waals surface area (Å²) in [5.74, 6) is -1.68. The van der Waals surface area contributed by atoms with E-state index in [0.29, 0.717) is 21.2 Å². The molecule has 30 heavy (non-hydrogen) atoms. The molecule has 1 atom stereocenters. The molecule has 1 fully saturated rings. The Kier molecular flexibility index (Phi) is 5.57. The van der Waals surface area contributed by atoms with Crippen molar-refractivity contribution in [1.82, 2.24) is 9.88 Å². The number of aromatic nitrogens is 1. The maximum atomic E-state index is 13.0. The van der Waals surface area contributed by atoms with Crippen molar-refractivity contribution in [2.45, 2.75) is 12.6 Å². The van der Waals surface area contributed by atoms with E-state index in [1.165, 1.54) is 4.90 Å². The van der Waals surface area contributed by atoms with Crippen molar-refractivity contribution in [2.75, 3.05) is 0 Å². The van der Waals surface area contributed by atoms with Gasteiger partial charge >= 0.3 is 0 Å². The van der Waals surface area contributed by atoms with Crippen molar-refractivity contribution in [3.05, 3.63) is 105 Å². The first kappa shape index (κ1) is 20.1. The molecule has 0 unspecified atom stereocenters. The zero-order valence-corrected chi connectivity index (χ0v) is 17.1. The van der Waals surface area contributed by atoms with Gasteiger partial charge in [-0.3, -0.25) is 14.6 Å². The number of hydrogen-bond acceptors (Lipinski definition) is 4. The van der Waals surface area contributed by atoms with Crippen LogP contribution in [0.15, 0.2) is 78.6 Å². The molecule has 7 heteroatoms. The third-order valence-corrected chi connectivity index (χ3v) is 5.42. The standard InChI is InChI=1S/C23H16Cl2N2O3/c24-17-7-3-15(4-8-17)20-19(21(28)16-5-9-18(25)10-6-16)22(29)23(30)27(20)13-14-2-1-11-26-12-14/h1-12,20,28H,13H2/b21-19+/t20-/m1/s1. The summed E-state index contributed by atoms with van der Waals surface area (Å²) in [5, 5.41) is 12.0. The van der Waals surface area contributed by atoms with Gasteiger partial charge < -0.3 is 10.0 Å². The van der Waals surface area contributed by atoms with Crippen molar-refractivity contribution in [3.63, 3.8) is 0 Å². The Morgan fingerprint density at radius 3 is 2.20 bits per heavy atom. The largest absolute Gasteiger partial charge is 0.507 e. The highest BCUT2D eigenvalue weighted by molar-refractivity contribution is 6.46. The highest BCUT2D eigenvalue weighted by Crippen LogP contribution is 2.40. The van der Waals surface area contributed by atoms with Crippen LogP contribution in [0.4, 0.5) is 0 Å². The second-order valence-corrected chi connectivity index (χ2v) is 7.72. The Bertz CT molecular complexity index is 1130. The van der Waals surface area contributed by atoms with Crippen LogP contribution in [-0.2, 0) is 16.1 Å². The zero-order valence-electron chi connectivity index (χ0n) is 15.6. The SMILES string of the molecule is O=C1C(=O)N(Cc2cccnc2)[C@H](c2ccc(Cl)cc2)/C1=C(\O)c1ccc(Cl)cc1. The Morgan fingerprint density at radius 2 is 1.60 bits per heavy atom. The number of pyridine rings is 1. The molecule has 0 aliphatic carbocycles. The number of aliphatic hydroxyl groups is 1. The van der Waals surface area contributed by atoms with Crippen LogP contribution in [-0.4, -0.2) is 26.7 Å². The number of likely N-dealkylation sites (tertiary alicyclic amines) is 1. The number of Topliss-reactive ketones (excluding diaryl/α,β-unsaturated/α-hetero) is 1. The van der Waals surface area contributed by atoms with E-state index in [9.17, 15) is 14.7 Å². The Morgan fingerprint density at radius 1 is 0.967 bits per heavy atom. The molecule has 1 amide bonds. The fraction of sp³-hybridized carbons (Fsp3) is 0.0870. The van der Waals surface area contributed by atoms with Crippen LogP contribution in [0.5, 0.6) is 0 Å². The summed E-state index contributed by atoms with van der Waals surface area (Å²) in [4.78, 5) is 31.4. The maximum Gasteiger partial charge on any atom is 0.295 e. The van der Waals surface area contributed by atoms with Crippen LogP contribution >= 0.6 is 23.2 Å². The number of halogens is 2. The summed E-state index contributed by atoms with van der Waals surface area (Å²) in [5.41, 5.74) is 1.86. The fourth-order valence-electron chi connectivity index (χ4n) is 3.49. The summed E-state index contributed by atoms with van der Waals surface area (Å²) in [6.45, 7) is 0.170. The molecule has 0 radical (unpaired) electrons. The molecule has 1 aliphatic rings. The predicted octanol–water partition coefficient (Wildman–Crippen LogP) is 5.01. The molecule has 1 N–H and O–H groups in total. The molecular formula is C23H16Cl2N2O3. The second kappa shape index (κ2) is 8.30. The van der Waals surface area contributed by atoms with E-state index < -0.39 is 17.7 Å². The number of benzene rings is 2. The number of carbonyl (C=O) groups excluding carboxylic acids is 2. The molecule has 0 saturated carbocycles. The van der Waals surface area contributed by atoms with Gasteiger partial charge in [-0.15, -0.1) is 0 Å². The molecule has 0 bridgehead atoms. The highest BCUT2D eigenvalue weighted by atomic mass is 35.5. The number of ketones is 1. The van der Waals surface area contributed by atoms with Crippen molar-refractivity contribution in [1.29, 1.82) is 0 Å². The molecule has 2 aromatic carbocycles. The van der Waals surface area contributed by atoms with Gasteiger partial charge in [0.2, 0.25) is 0 Å². The third-order valence-electron chi connectivity index (χ3n) is 4.92. The Hall–Kier alpha value is -3.15. The summed E-state index contributed by atoms with van der Waals surface area (Å²) in [7, 11) is 0. The second-order valence-electron chi connectivity index (χ2n) is 6.85. The number of amides is 1. The van der Waals surface area contributed by atoms with Gasteiger partial charge in [0.05, 0.1) is 11.6 Å². The highest BCUT2D eigenvalue weighted by Gasteiger charge is 2.46. The monoisotopic (exact) mass is 438 g/mol. The number of hydrogen-bond donors (Lipinski definition) is 1. The number of rotatable bonds is 4. The van der Waals surface area contributed by atoms with Crippen molar-refractivity contribution in [3.8, 4) is 0 Å². The van der Waals surface area contributed by atoms with Crippen molar-refractivity contribution in [2.24, 2.45) is 0 Å². The van der Waals surface area contributed by atoms with Gasteiger partial charge in [-0.2, -0.15) is 0 Å². The lowest BCUT2D eigenvalue weighted by Gasteiger charge is -2.25. The summed E-state index contributed by atoms with van der Waals surface area (Å²) >= 11 is 12.0. The predicted molar refractivity (Wildman–Crippen MR) is 115 cm³/mol. The normalized spacial score (nSPS) is 18.1. The van der Waals surface area contributed by atoms with Crippen LogP contribution < -0.4 is 0 Å². The molecular weight excluding hydrogens is 423 g/mol. The molecule has 5 nitrogen and oxygen atoms in total. The molecule has 1 aromatic heterocycles. The zero-order chi connectivity index (χ0) is 21.3. The third kappa shape index (κ3) is 3.82. The fourth-order valence-corrected chi connectivity index (χ4v) is 3.74.